The quantitative estimate of drug-likeness (QED) is 0.414. The lowest BCUT2D eigenvalue weighted by Crippen LogP contribution is -2.39. The zero-order valence-corrected chi connectivity index (χ0v) is 21.0. The van der Waals surface area contributed by atoms with Crippen molar-refractivity contribution < 1.29 is 14.3 Å². The van der Waals surface area contributed by atoms with Crippen LogP contribution in [0.15, 0.2) is 36.5 Å². The molecule has 0 aliphatic carbocycles. The van der Waals surface area contributed by atoms with Crippen LogP contribution in [0.5, 0.6) is 0 Å². The number of rotatable bonds is 5. The molecule has 0 spiro atoms. The molecule has 36 heavy (non-hydrogen) atoms. The van der Waals surface area contributed by atoms with Gasteiger partial charge in [0.2, 0.25) is 5.91 Å². The molecule has 1 amide bonds. The van der Waals surface area contributed by atoms with E-state index in [9.17, 15) is 4.79 Å². The van der Waals surface area contributed by atoms with E-state index in [2.05, 4.69) is 15.1 Å². The van der Waals surface area contributed by atoms with E-state index in [0.717, 1.165) is 76.4 Å². The van der Waals surface area contributed by atoms with E-state index in [1.54, 1.807) is 24.5 Å². The van der Waals surface area contributed by atoms with Crippen LogP contribution >= 0.6 is 11.3 Å². The van der Waals surface area contributed by atoms with Crippen LogP contribution in [0.25, 0.3) is 38.6 Å². The molecule has 10 heteroatoms. The zero-order chi connectivity index (χ0) is 24.5. The lowest BCUT2D eigenvalue weighted by molar-refractivity contribution is -0.128. The summed E-state index contributed by atoms with van der Waals surface area (Å²) in [7, 11) is 1.73. The molecule has 1 aromatic carbocycles. The maximum atomic E-state index is 12.8. The van der Waals surface area contributed by atoms with Gasteiger partial charge in [0, 0.05) is 55.2 Å². The van der Waals surface area contributed by atoms with E-state index in [4.69, 9.17) is 19.4 Å². The van der Waals surface area contributed by atoms with Crippen LogP contribution in [0.1, 0.15) is 17.7 Å². The Hall–Kier alpha value is -3.34. The van der Waals surface area contributed by atoms with Gasteiger partial charge in [-0.3, -0.25) is 9.89 Å². The number of morpholine rings is 1. The number of amides is 1. The Morgan fingerprint density at radius 2 is 2.03 bits per heavy atom. The molecule has 186 valence electrons. The summed E-state index contributed by atoms with van der Waals surface area (Å²) in [5.41, 5.74) is 2.77. The van der Waals surface area contributed by atoms with Crippen LogP contribution in [-0.2, 0) is 14.3 Å². The van der Waals surface area contributed by atoms with Gasteiger partial charge in [-0.05, 0) is 31.1 Å². The topological polar surface area (TPSA) is 96.5 Å². The van der Waals surface area contributed by atoms with Crippen molar-refractivity contribution in [2.45, 2.75) is 18.9 Å². The Morgan fingerprint density at radius 3 is 2.83 bits per heavy atom. The highest BCUT2D eigenvalue weighted by atomic mass is 32.1. The minimum atomic E-state index is 0.0359. The molecule has 0 saturated carbocycles. The summed E-state index contributed by atoms with van der Waals surface area (Å²) in [4.78, 5) is 27.9. The largest absolute Gasteiger partial charge is 0.381 e. The Morgan fingerprint density at radius 1 is 1.19 bits per heavy atom. The number of carbonyl (C=O) groups excluding carboxylic acids is 1. The molecule has 0 radical (unpaired) electrons. The first kappa shape index (κ1) is 23.1. The second-order valence-electron chi connectivity index (χ2n) is 9.06. The number of benzene rings is 1. The molecule has 4 aromatic rings. The van der Waals surface area contributed by atoms with Gasteiger partial charge in [-0.15, -0.1) is 11.3 Å². The third-order valence-electron chi connectivity index (χ3n) is 6.89. The van der Waals surface area contributed by atoms with E-state index in [-0.39, 0.29) is 12.0 Å². The van der Waals surface area contributed by atoms with E-state index in [1.165, 1.54) is 0 Å². The van der Waals surface area contributed by atoms with E-state index < -0.39 is 0 Å². The second kappa shape index (κ2) is 9.96. The van der Waals surface area contributed by atoms with Crippen molar-refractivity contribution in [2.75, 3.05) is 51.4 Å². The summed E-state index contributed by atoms with van der Waals surface area (Å²) in [6.07, 6.45) is 7.39. The summed E-state index contributed by atoms with van der Waals surface area (Å²) in [6.45, 7) is 4.35. The monoisotopic (exact) mass is 504 g/mol. The number of likely N-dealkylation sites (tertiary alicyclic amines) is 1. The van der Waals surface area contributed by atoms with Gasteiger partial charge < -0.3 is 19.3 Å². The minimum absolute atomic E-state index is 0.0359. The molecule has 9 nitrogen and oxygen atoms in total. The molecule has 6 rings (SSSR count). The molecule has 0 bridgehead atoms. The molecule has 0 unspecified atom stereocenters. The Bertz CT molecular complexity index is 1420. The molecule has 5 heterocycles. The first-order valence-electron chi connectivity index (χ1n) is 12.3. The number of anilines is 1. The highest BCUT2D eigenvalue weighted by molar-refractivity contribution is 7.20. The van der Waals surface area contributed by atoms with Crippen LogP contribution in [0.3, 0.4) is 0 Å². The summed E-state index contributed by atoms with van der Waals surface area (Å²) in [6, 6.07) is 8.06. The van der Waals surface area contributed by atoms with E-state index in [0.29, 0.717) is 19.0 Å². The van der Waals surface area contributed by atoms with Crippen molar-refractivity contribution in [3.8, 4) is 11.4 Å². The maximum absolute atomic E-state index is 12.8. The predicted octanol–water partition coefficient (Wildman–Crippen LogP) is 3.72. The Balaban J connectivity index is 1.35. The van der Waals surface area contributed by atoms with Crippen LogP contribution in [-0.4, -0.2) is 83.6 Å². The number of fused-ring (bicyclic) bond motifs is 2. The Kier molecular flexibility index (Phi) is 6.39. The molecule has 1 N–H and O–H groups in total. The third kappa shape index (κ3) is 4.47. The van der Waals surface area contributed by atoms with Crippen molar-refractivity contribution in [3.05, 3.63) is 41.4 Å². The molecule has 3 aromatic heterocycles. The summed E-state index contributed by atoms with van der Waals surface area (Å²) in [5.74, 6) is 1.62. The average molecular weight is 505 g/mol. The number of hydrogen-bond donors (Lipinski definition) is 1. The van der Waals surface area contributed by atoms with Crippen LogP contribution in [0.2, 0.25) is 0 Å². The van der Waals surface area contributed by atoms with Gasteiger partial charge in [0.25, 0.3) is 0 Å². The number of piperidine rings is 1. The number of methoxy groups -OCH3 is 1. The summed E-state index contributed by atoms with van der Waals surface area (Å²) in [5, 5.41) is 8.21. The van der Waals surface area contributed by atoms with E-state index >= 15 is 0 Å². The van der Waals surface area contributed by atoms with Crippen LogP contribution in [0.4, 0.5) is 5.82 Å². The normalized spacial score (nSPS) is 17.6. The standard InChI is InChI=1S/C26H28N6O3S/c1-34-17-7-9-31(10-8-17)23(33)6-5-18-15-22-24(36-18)26(32-11-13-35-14-12-32)29-25(28-22)19-3-2-4-21-20(19)16-27-30-21/h2-6,15-17H,7-14H2,1H3,(H,27,30)/b6-5+. The fraction of sp³-hybridized carbons (Fsp3) is 0.385. The smallest absolute Gasteiger partial charge is 0.246 e. The number of H-pyrrole nitrogens is 1. The lowest BCUT2D eigenvalue weighted by Gasteiger charge is -2.30. The molecular weight excluding hydrogens is 476 g/mol. The lowest BCUT2D eigenvalue weighted by atomic mass is 10.1. The third-order valence-corrected chi connectivity index (χ3v) is 7.97. The number of nitrogens with zero attached hydrogens (tertiary/aromatic N) is 5. The molecule has 2 saturated heterocycles. The molecular formula is C26H28N6O3S. The Labute approximate surface area is 212 Å². The number of aromatic nitrogens is 4. The number of aromatic amines is 1. The van der Waals surface area contributed by atoms with Crippen molar-refractivity contribution in [2.24, 2.45) is 0 Å². The minimum Gasteiger partial charge on any atom is -0.381 e. The van der Waals surface area contributed by atoms with Crippen molar-refractivity contribution in [1.82, 2.24) is 25.1 Å². The fourth-order valence-electron chi connectivity index (χ4n) is 4.86. The van der Waals surface area contributed by atoms with Crippen LogP contribution in [0, 0.1) is 0 Å². The average Bonchev–Trinajstić information content (AvgIpc) is 3.58. The van der Waals surface area contributed by atoms with Gasteiger partial charge in [-0.25, -0.2) is 9.97 Å². The molecule has 0 atom stereocenters. The zero-order valence-electron chi connectivity index (χ0n) is 20.1. The van der Waals surface area contributed by atoms with Crippen LogP contribution < -0.4 is 4.90 Å². The maximum Gasteiger partial charge on any atom is 0.246 e. The van der Waals surface area contributed by atoms with Gasteiger partial charge in [0.1, 0.15) is 0 Å². The second-order valence-corrected chi connectivity index (χ2v) is 10.1. The SMILES string of the molecule is COC1CCN(C(=O)/C=C/c2cc3nc(-c4cccc5[nH]ncc45)nc(N4CCOCC4)c3s2)CC1. The number of nitrogens with one attached hydrogen (secondary N) is 1. The fourth-order valence-corrected chi connectivity index (χ4v) is 5.88. The van der Waals surface area contributed by atoms with Gasteiger partial charge in [0.15, 0.2) is 11.6 Å². The first-order valence-corrected chi connectivity index (χ1v) is 13.1. The molecule has 2 aliphatic rings. The highest BCUT2D eigenvalue weighted by Crippen LogP contribution is 2.36. The first-order chi connectivity index (χ1) is 17.7. The summed E-state index contributed by atoms with van der Waals surface area (Å²) >= 11 is 1.62. The molecule has 2 aliphatic heterocycles. The van der Waals surface area contributed by atoms with E-state index in [1.807, 2.05) is 41.4 Å². The predicted molar refractivity (Wildman–Crippen MR) is 141 cm³/mol. The number of hydrogen-bond acceptors (Lipinski definition) is 8. The van der Waals surface area contributed by atoms with Gasteiger partial charge in [-0.2, -0.15) is 5.10 Å². The van der Waals surface area contributed by atoms with Gasteiger partial charge in [-0.1, -0.05) is 12.1 Å². The van der Waals surface area contributed by atoms with Gasteiger partial charge in [0.05, 0.1) is 41.2 Å². The molecule has 2 fully saturated rings. The van der Waals surface area contributed by atoms with Crippen molar-refractivity contribution >= 4 is 50.3 Å². The van der Waals surface area contributed by atoms with Crippen molar-refractivity contribution in [1.29, 1.82) is 0 Å². The number of ether oxygens (including phenoxy) is 2. The van der Waals surface area contributed by atoms with Gasteiger partial charge >= 0.3 is 0 Å². The highest BCUT2D eigenvalue weighted by Gasteiger charge is 2.22. The van der Waals surface area contributed by atoms with Crippen molar-refractivity contribution in [3.63, 3.8) is 0 Å². The number of carbonyl (C=O) groups is 1. The summed E-state index contributed by atoms with van der Waals surface area (Å²) < 4.78 is 12.0. The number of thiophene rings is 1.